The van der Waals surface area contributed by atoms with E-state index in [1.54, 1.807) is 30.0 Å². The summed E-state index contributed by atoms with van der Waals surface area (Å²) in [5.74, 6) is 1.82. The van der Waals surface area contributed by atoms with Crippen LogP contribution in [0.2, 0.25) is 5.02 Å². The highest BCUT2D eigenvalue weighted by molar-refractivity contribution is 7.99. The molecule has 1 saturated heterocycles. The lowest BCUT2D eigenvalue weighted by Crippen LogP contribution is -2.49. The zero-order valence-electron chi connectivity index (χ0n) is 11.1. The molecule has 1 unspecified atom stereocenters. The van der Waals surface area contributed by atoms with Crippen molar-refractivity contribution < 1.29 is 9.53 Å². The average molecular weight is 311 g/mol. The molecule has 1 aliphatic heterocycles. The molecule has 0 saturated carbocycles. The summed E-state index contributed by atoms with van der Waals surface area (Å²) in [4.78, 5) is 11.9. The Bertz CT molecular complexity index is 551. The highest BCUT2D eigenvalue weighted by Crippen LogP contribution is 2.27. The van der Waals surface area contributed by atoms with Crippen molar-refractivity contribution in [1.29, 1.82) is 5.26 Å². The maximum absolute atomic E-state index is 11.9. The van der Waals surface area contributed by atoms with Gasteiger partial charge < -0.3 is 10.1 Å². The molecule has 1 aromatic rings. The third-order valence-corrected chi connectivity index (χ3v) is 4.79. The molecule has 1 aromatic carbocycles. The quantitative estimate of drug-likeness (QED) is 0.928. The van der Waals surface area contributed by atoms with Gasteiger partial charge in [0, 0.05) is 16.3 Å². The van der Waals surface area contributed by atoms with E-state index in [9.17, 15) is 10.1 Å². The lowest BCUT2D eigenvalue weighted by molar-refractivity contribution is -0.124. The largest absolute Gasteiger partial charge is 0.483 e. The first-order valence-electron chi connectivity index (χ1n) is 6.24. The van der Waals surface area contributed by atoms with E-state index >= 15 is 0 Å². The molecule has 1 heterocycles. The zero-order valence-corrected chi connectivity index (χ0v) is 12.7. The SMILES string of the molecule is Cc1c(Cl)cccc1OCC(=O)NC1(C#N)CCSC1. The number of ether oxygens (including phenoxy) is 1. The normalized spacial score (nSPS) is 21.2. The van der Waals surface area contributed by atoms with Gasteiger partial charge >= 0.3 is 0 Å². The minimum absolute atomic E-state index is 0.116. The number of benzene rings is 1. The molecule has 0 aromatic heterocycles. The number of amides is 1. The second-order valence-electron chi connectivity index (χ2n) is 4.70. The molecule has 6 heteroatoms. The molecule has 0 aliphatic carbocycles. The molecule has 0 bridgehead atoms. The van der Waals surface area contributed by atoms with Gasteiger partial charge in [-0.25, -0.2) is 0 Å². The molecule has 0 radical (unpaired) electrons. The van der Waals surface area contributed by atoms with Crippen molar-refractivity contribution in [3.05, 3.63) is 28.8 Å². The van der Waals surface area contributed by atoms with Crippen LogP contribution in [0, 0.1) is 18.3 Å². The van der Waals surface area contributed by atoms with E-state index in [0.29, 0.717) is 22.9 Å². The second kappa shape index (κ2) is 6.38. The Balaban J connectivity index is 1.93. The van der Waals surface area contributed by atoms with Gasteiger partial charge in [0.1, 0.15) is 11.3 Å². The van der Waals surface area contributed by atoms with Gasteiger partial charge in [-0.3, -0.25) is 4.79 Å². The number of nitrogens with zero attached hydrogens (tertiary/aromatic N) is 1. The molecule has 1 fully saturated rings. The van der Waals surface area contributed by atoms with Crippen LogP contribution in [-0.4, -0.2) is 29.6 Å². The Kier molecular flexibility index (Phi) is 4.79. The monoisotopic (exact) mass is 310 g/mol. The van der Waals surface area contributed by atoms with E-state index in [4.69, 9.17) is 16.3 Å². The number of hydrogen-bond acceptors (Lipinski definition) is 4. The Labute approximate surface area is 127 Å². The van der Waals surface area contributed by atoms with E-state index in [-0.39, 0.29) is 12.5 Å². The number of carbonyl (C=O) groups excluding carboxylic acids is 1. The lowest BCUT2D eigenvalue weighted by atomic mass is 10.0. The van der Waals surface area contributed by atoms with Gasteiger partial charge in [-0.1, -0.05) is 17.7 Å². The van der Waals surface area contributed by atoms with Gasteiger partial charge in [-0.2, -0.15) is 17.0 Å². The summed E-state index contributed by atoms with van der Waals surface area (Å²) in [6.45, 7) is 1.72. The topological polar surface area (TPSA) is 62.1 Å². The number of carbonyl (C=O) groups is 1. The molecular formula is C14H15ClN2O2S. The first-order valence-corrected chi connectivity index (χ1v) is 7.77. The van der Waals surface area contributed by atoms with Crippen LogP contribution < -0.4 is 10.1 Å². The zero-order chi connectivity index (χ0) is 14.6. The van der Waals surface area contributed by atoms with Crippen molar-refractivity contribution in [2.45, 2.75) is 18.9 Å². The standard InChI is InChI=1S/C14H15ClN2O2S/c1-10-11(15)3-2-4-12(10)19-7-13(18)17-14(8-16)5-6-20-9-14/h2-4H,5-7,9H2,1H3,(H,17,18). The van der Waals surface area contributed by atoms with Crippen molar-refractivity contribution in [3.8, 4) is 11.8 Å². The molecule has 1 aliphatic rings. The molecule has 1 amide bonds. The maximum Gasteiger partial charge on any atom is 0.259 e. The molecule has 20 heavy (non-hydrogen) atoms. The summed E-state index contributed by atoms with van der Waals surface area (Å²) in [6.07, 6.45) is 0.677. The number of thioether (sulfide) groups is 1. The molecule has 0 spiro atoms. The fourth-order valence-electron chi connectivity index (χ4n) is 1.97. The van der Waals surface area contributed by atoms with Crippen LogP contribution in [0.25, 0.3) is 0 Å². The third-order valence-electron chi connectivity index (χ3n) is 3.19. The van der Waals surface area contributed by atoms with Crippen LogP contribution >= 0.6 is 23.4 Å². The number of halogens is 1. The van der Waals surface area contributed by atoms with E-state index in [1.165, 1.54) is 0 Å². The summed E-state index contributed by atoms with van der Waals surface area (Å²) in [6, 6.07) is 7.50. The fraction of sp³-hybridized carbons (Fsp3) is 0.429. The van der Waals surface area contributed by atoms with E-state index in [0.717, 1.165) is 11.3 Å². The summed E-state index contributed by atoms with van der Waals surface area (Å²) >= 11 is 7.66. The number of rotatable bonds is 4. The van der Waals surface area contributed by atoms with E-state index < -0.39 is 5.54 Å². The summed E-state index contributed by atoms with van der Waals surface area (Å²) in [5.41, 5.74) is 0.0579. The first kappa shape index (κ1) is 15.0. The predicted octanol–water partition coefficient (Wildman–Crippen LogP) is 2.54. The minimum Gasteiger partial charge on any atom is -0.483 e. The molecular weight excluding hydrogens is 296 g/mol. The van der Waals surface area contributed by atoms with Crippen molar-refractivity contribution in [1.82, 2.24) is 5.32 Å². The third kappa shape index (κ3) is 3.38. The number of nitrogens with one attached hydrogen (secondary N) is 1. The fourth-order valence-corrected chi connectivity index (χ4v) is 3.40. The number of hydrogen-bond donors (Lipinski definition) is 1. The second-order valence-corrected chi connectivity index (χ2v) is 6.21. The highest BCUT2D eigenvalue weighted by atomic mass is 35.5. The molecule has 2 rings (SSSR count). The molecule has 1 atom stereocenters. The Morgan fingerprint density at radius 2 is 2.45 bits per heavy atom. The number of nitriles is 1. The van der Waals surface area contributed by atoms with Crippen molar-refractivity contribution in [2.75, 3.05) is 18.1 Å². The summed E-state index contributed by atoms with van der Waals surface area (Å²) in [5, 5.41) is 12.6. The van der Waals surface area contributed by atoms with Gasteiger partial charge in [0.25, 0.3) is 5.91 Å². The lowest BCUT2D eigenvalue weighted by Gasteiger charge is -2.21. The van der Waals surface area contributed by atoms with Crippen LogP contribution in [0.5, 0.6) is 5.75 Å². The van der Waals surface area contributed by atoms with Crippen molar-refractivity contribution in [3.63, 3.8) is 0 Å². The molecule has 4 nitrogen and oxygen atoms in total. The Hall–Kier alpha value is -1.38. The molecule has 106 valence electrons. The van der Waals surface area contributed by atoms with Crippen molar-refractivity contribution >= 4 is 29.3 Å². The van der Waals surface area contributed by atoms with Crippen LogP contribution in [-0.2, 0) is 4.79 Å². The average Bonchev–Trinajstić information content (AvgIpc) is 2.89. The summed E-state index contributed by atoms with van der Waals surface area (Å²) < 4.78 is 5.47. The van der Waals surface area contributed by atoms with E-state index in [1.807, 2.05) is 6.92 Å². The van der Waals surface area contributed by atoms with Gasteiger partial charge in [0.05, 0.1) is 6.07 Å². The van der Waals surface area contributed by atoms with Crippen LogP contribution in [0.4, 0.5) is 0 Å². The van der Waals surface area contributed by atoms with Crippen LogP contribution in [0.1, 0.15) is 12.0 Å². The molecule has 1 N–H and O–H groups in total. The van der Waals surface area contributed by atoms with Gasteiger partial charge in [0.2, 0.25) is 0 Å². The highest BCUT2D eigenvalue weighted by Gasteiger charge is 2.36. The van der Waals surface area contributed by atoms with Gasteiger partial charge in [-0.05, 0) is 31.2 Å². The van der Waals surface area contributed by atoms with Crippen LogP contribution in [0.15, 0.2) is 18.2 Å². The Morgan fingerprint density at radius 3 is 3.10 bits per heavy atom. The van der Waals surface area contributed by atoms with E-state index in [2.05, 4.69) is 11.4 Å². The summed E-state index contributed by atoms with van der Waals surface area (Å²) in [7, 11) is 0. The first-order chi connectivity index (χ1) is 9.56. The van der Waals surface area contributed by atoms with Gasteiger partial charge in [-0.15, -0.1) is 0 Å². The predicted molar refractivity (Wildman–Crippen MR) is 80.1 cm³/mol. The minimum atomic E-state index is -0.742. The van der Waals surface area contributed by atoms with Crippen molar-refractivity contribution in [2.24, 2.45) is 0 Å². The smallest absolute Gasteiger partial charge is 0.259 e. The Morgan fingerprint density at radius 1 is 1.65 bits per heavy atom. The maximum atomic E-state index is 11.9. The van der Waals surface area contributed by atoms with Crippen LogP contribution in [0.3, 0.4) is 0 Å². The van der Waals surface area contributed by atoms with Gasteiger partial charge in [0.15, 0.2) is 6.61 Å².